The standard InChI is InChI=1S/C27H35Cl2NO3/c1-2-3-4-5-6-23(31)18-30-15-13-20(14-16-30)19-33-24-11-12-25(26(29)17-24)27(32)21-7-9-22(28)10-8-21/h7-12,17,20,23,31H,2-6,13-16,18-19H2,1H3/t23-/m1/s1. The van der Waals surface area contributed by atoms with Crippen LogP contribution in [0.15, 0.2) is 42.5 Å². The zero-order valence-electron chi connectivity index (χ0n) is 19.4. The quantitative estimate of drug-likeness (QED) is 0.266. The van der Waals surface area contributed by atoms with Crippen molar-refractivity contribution in [1.82, 2.24) is 4.90 Å². The molecule has 0 spiro atoms. The Morgan fingerprint density at radius 1 is 1.09 bits per heavy atom. The van der Waals surface area contributed by atoms with E-state index in [2.05, 4.69) is 11.8 Å². The van der Waals surface area contributed by atoms with E-state index in [-0.39, 0.29) is 11.9 Å². The van der Waals surface area contributed by atoms with Crippen LogP contribution >= 0.6 is 23.2 Å². The summed E-state index contributed by atoms with van der Waals surface area (Å²) in [5.74, 6) is 1.03. The largest absolute Gasteiger partial charge is 0.493 e. The van der Waals surface area contributed by atoms with Gasteiger partial charge in [0, 0.05) is 22.7 Å². The number of carbonyl (C=O) groups is 1. The van der Waals surface area contributed by atoms with Crippen LogP contribution in [-0.2, 0) is 0 Å². The lowest BCUT2D eigenvalue weighted by atomic mass is 9.97. The van der Waals surface area contributed by atoms with Gasteiger partial charge in [-0.1, -0.05) is 55.8 Å². The molecule has 0 unspecified atom stereocenters. The topological polar surface area (TPSA) is 49.8 Å². The van der Waals surface area contributed by atoms with Gasteiger partial charge in [0.1, 0.15) is 5.75 Å². The number of likely N-dealkylation sites (tertiary alicyclic amines) is 1. The average Bonchev–Trinajstić information content (AvgIpc) is 2.81. The zero-order chi connectivity index (χ0) is 23.6. The molecule has 2 aromatic rings. The second-order valence-electron chi connectivity index (χ2n) is 9.04. The van der Waals surface area contributed by atoms with Crippen molar-refractivity contribution in [2.45, 2.75) is 58.0 Å². The van der Waals surface area contributed by atoms with E-state index in [1.807, 2.05) is 0 Å². The molecule has 1 fully saturated rings. The van der Waals surface area contributed by atoms with Gasteiger partial charge < -0.3 is 14.7 Å². The van der Waals surface area contributed by atoms with Crippen molar-refractivity contribution < 1.29 is 14.6 Å². The highest BCUT2D eigenvalue weighted by molar-refractivity contribution is 6.35. The number of β-amino-alcohol motifs (C(OH)–C–C–N with tert-alkyl or cyclic N) is 1. The first-order chi connectivity index (χ1) is 16.0. The molecule has 2 aromatic carbocycles. The van der Waals surface area contributed by atoms with Crippen molar-refractivity contribution in [2.24, 2.45) is 5.92 Å². The minimum absolute atomic E-state index is 0.136. The van der Waals surface area contributed by atoms with Crippen molar-refractivity contribution in [3.63, 3.8) is 0 Å². The lowest BCUT2D eigenvalue weighted by molar-refractivity contribution is 0.0735. The Morgan fingerprint density at radius 3 is 2.48 bits per heavy atom. The number of ketones is 1. The number of ether oxygens (including phenoxy) is 1. The number of carbonyl (C=O) groups excluding carboxylic acids is 1. The molecule has 0 aliphatic carbocycles. The van der Waals surface area contributed by atoms with Gasteiger partial charge in [0.2, 0.25) is 0 Å². The monoisotopic (exact) mass is 491 g/mol. The normalized spacial score (nSPS) is 16.0. The van der Waals surface area contributed by atoms with E-state index in [9.17, 15) is 9.90 Å². The van der Waals surface area contributed by atoms with Gasteiger partial charge in [-0.05, 0) is 80.7 Å². The highest BCUT2D eigenvalue weighted by Crippen LogP contribution is 2.27. The molecule has 1 aliphatic rings. The lowest BCUT2D eigenvalue weighted by Gasteiger charge is -2.33. The van der Waals surface area contributed by atoms with Crippen LogP contribution in [0.1, 0.15) is 67.8 Å². The molecule has 0 bridgehead atoms. The molecule has 1 saturated heterocycles. The van der Waals surface area contributed by atoms with E-state index in [1.165, 1.54) is 19.3 Å². The third-order valence-corrected chi connectivity index (χ3v) is 6.91. The van der Waals surface area contributed by atoms with Gasteiger partial charge in [-0.25, -0.2) is 0 Å². The number of benzene rings is 2. The van der Waals surface area contributed by atoms with Crippen molar-refractivity contribution in [2.75, 3.05) is 26.2 Å². The predicted molar refractivity (Wildman–Crippen MR) is 136 cm³/mol. The van der Waals surface area contributed by atoms with Crippen molar-refractivity contribution in [3.8, 4) is 5.75 Å². The molecule has 180 valence electrons. The molecule has 6 heteroatoms. The maximum Gasteiger partial charge on any atom is 0.194 e. The number of unbranched alkanes of at least 4 members (excludes halogenated alkanes) is 3. The molecular weight excluding hydrogens is 457 g/mol. The summed E-state index contributed by atoms with van der Waals surface area (Å²) in [4.78, 5) is 15.1. The van der Waals surface area contributed by atoms with Crippen LogP contribution in [0.5, 0.6) is 5.75 Å². The predicted octanol–water partition coefficient (Wildman–Crippen LogP) is 6.65. The number of aliphatic hydroxyl groups excluding tert-OH is 1. The molecule has 0 aromatic heterocycles. The first-order valence-electron chi connectivity index (χ1n) is 12.1. The SMILES string of the molecule is CCCCCC[C@@H](O)CN1CCC(COc2ccc(C(=O)c3ccc(Cl)cc3)c(Cl)c2)CC1. The Hall–Kier alpha value is -1.59. The van der Waals surface area contributed by atoms with Gasteiger partial charge in [-0.3, -0.25) is 4.79 Å². The molecule has 0 saturated carbocycles. The van der Waals surface area contributed by atoms with Gasteiger partial charge in [-0.2, -0.15) is 0 Å². The second kappa shape index (κ2) is 13.3. The Bertz CT molecular complexity index is 879. The fraction of sp³-hybridized carbons (Fsp3) is 0.519. The fourth-order valence-corrected chi connectivity index (χ4v) is 4.65. The van der Waals surface area contributed by atoms with Gasteiger partial charge >= 0.3 is 0 Å². The number of hydrogen-bond acceptors (Lipinski definition) is 4. The molecular formula is C27H35Cl2NO3. The van der Waals surface area contributed by atoms with Crippen LogP contribution in [-0.4, -0.2) is 48.1 Å². The highest BCUT2D eigenvalue weighted by atomic mass is 35.5. The van der Waals surface area contributed by atoms with Gasteiger partial charge in [0.25, 0.3) is 0 Å². The minimum Gasteiger partial charge on any atom is -0.493 e. The smallest absolute Gasteiger partial charge is 0.194 e. The molecule has 33 heavy (non-hydrogen) atoms. The lowest BCUT2D eigenvalue weighted by Crippen LogP contribution is -2.40. The summed E-state index contributed by atoms with van der Waals surface area (Å²) >= 11 is 12.3. The molecule has 0 radical (unpaired) electrons. The van der Waals surface area contributed by atoms with Crippen molar-refractivity contribution >= 4 is 29.0 Å². The van der Waals surface area contributed by atoms with Crippen molar-refractivity contribution in [1.29, 1.82) is 0 Å². The first kappa shape index (κ1) is 26.0. The average molecular weight is 492 g/mol. The number of piperidine rings is 1. The summed E-state index contributed by atoms with van der Waals surface area (Å²) in [6, 6.07) is 12.0. The highest BCUT2D eigenvalue weighted by Gasteiger charge is 2.22. The summed E-state index contributed by atoms with van der Waals surface area (Å²) in [5.41, 5.74) is 1.00. The number of halogens is 2. The van der Waals surface area contributed by atoms with Crippen LogP contribution in [0.2, 0.25) is 10.0 Å². The molecule has 1 N–H and O–H groups in total. The van der Waals surface area contributed by atoms with E-state index in [4.69, 9.17) is 27.9 Å². The number of rotatable bonds is 12. The molecule has 1 aliphatic heterocycles. The number of aliphatic hydroxyl groups is 1. The van der Waals surface area contributed by atoms with Crippen LogP contribution in [0.4, 0.5) is 0 Å². The van der Waals surface area contributed by atoms with E-state index in [0.717, 1.165) is 45.3 Å². The van der Waals surface area contributed by atoms with Crippen LogP contribution < -0.4 is 4.74 Å². The third kappa shape index (κ3) is 8.29. The van der Waals surface area contributed by atoms with Gasteiger partial charge in [0.05, 0.1) is 17.7 Å². The Morgan fingerprint density at radius 2 is 1.82 bits per heavy atom. The van der Waals surface area contributed by atoms with Crippen LogP contribution in [0.25, 0.3) is 0 Å². The van der Waals surface area contributed by atoms with Gasteiger partial charge in [0.15, 0.2) is 5.78 Å². The van der Waals surface area contributed by atoms with E-state index >= 15 is 0 Å². The summed E-state index contributed by atoms with van der Waals surface area (Å²) in [6.45, 7) is 5.61. The van der Waals surface area contributed by atoms with E-state index < -0.39 is 0 Å². The summed E-state index contributed by atoms with van der Waals surface area (Å²) < 4.78 is 5.99. The molecule has 1 atom stereocenters. The number of nitrogens with zero attached hydrogens (tertiary/aromatic N) is 1. The maximum absolute atomic E-state index is 12.7. The zero-order valence-corrected chi connectivity index (χ0v) is 21.0. The van der Waals surface area contributed by atoms with Gasteiger partial charge in [-0.15, -0.1) is 0 Å². The second-order valence-corrected chi connectivity index (χ2v) is 9.88. The molecule has 0 amide bonds. The van der Waals surface area contributed by atoms with Crippen LogP contribution in [0, 0.1) is 5.92 Å². The Kier molecular flexibility index (Phi) is 10.5. The Balaban J connectivity index is 1.41. The molecule has 1 heterocycles. The molecule has 3 rings (SSSR count). The van der Waals surface area contributed by atoms with E-state index in [0.29, 0.717) is 39.4 Å². The summed E-state index contributed by atoms with van der Waals surface area (Å²) in [5, 5.41) is 11.3. The summed E-state index contributed by atoms with van der Waals surface area (Å²) in [6.07, 6.45) is 7.62. The summed E-state index contributed by atoms with van der Waals surface area (Å²) in [7, 11) is 0. The number of hydrogen-bond donors (Lipinski definition) is 1. The molecule has 4 nitrogen and oxygen atoms in total. The maximum atomic E-state index is 12.7. The fourth-order valence-electron chi connectivity index (χ4n) is 4.27. The minimum atomic E-state index is -0.217. The van der Waals surface area contributed by atoms with Crippen LogP contribution in [0.3, 0.4) is 0 Å². The van der Waals surface area contributed by atoms with Crippen molar-refractivity contribution in [3.05, 3.63) is 63.6 Å². The Labute approximate surface area is 207 Å². The van der Waals surface area contributed by atoms with E-state index in [1.54, 1.807) is 42.5 Å². The first-order valence-corrected chi connectivity index (χ1v) is 12.8. The third-order valence-electron chi connectivity index (χ3n) is 6.34.